The summed E-state index contributed by atoms with van der Waals surface area (Å²) in [7, 11) is 3.48. The van der Waals surface area contributed by atoms with Gasteiger partial charge in [0.05, 0.1) is 19.8 Å². The summed E-state index contributed by atoms with van der Waals surface area (Å²) in [5, 5.41) is 3.11. The molecule has 1 N–H and O–H groups in total. The van der Waals surface area contributed by atoms with Crippen molar-refractivity contribution < 1.29 is 14.3 Å². The van der Waals surface area contributed by atoms with Crippen molar-refractivity contribution in [1.29, 1.82) is 0 Å². The van der Waals surface area contributed by atoms with Crippen LogP contribution < -0.4 is 5.32 Å². The van der Waals surface area contributed by atoms with E-state index in [4.69, 9.17) is 9.47 Å². The third-order valence-electron chi connectivity index (χ3n) is 2.52. The third-order valence-corrected chi connectivity index (χ3v) is 2.52. The molecule has 0 rings (SSSR count). The summed E-state index contributed by atoms with van der Waals surface area (Å²) < 4.78 is 10.2. The number of rotatable bonds is 10. The Morgan fingerprint density at radius 3 is 2.59 bits per heavy atom. The molecular weight excluding hydrogens is 220 g/mol. The Hall–Kier alpha value is -0.650. The van der Waals surface area contributed by atoms with Crippen LogP contribution in [0.25, 0.3) is 0 Å². The van der Waals surface area contributed by atoms with E-state index in [1.165, 1.54) is 0 Å². The van der Waals surface area contributed by atoms with Crippen molar-refractivity contribution in [2.45, 2.75) is 26.3 Å². The molecule has 0 aliphatic rings. The number of carbonyl (C=O) groups is 1. The lowest BCUT2D eigenvalue weighted by Gasteiger charge is -2.21. The molecule has 102 valence electrons. The monoisotopic (exact) mass is 246 g/mol. The Balaban J connectivity index is 3.31. The van der Waals surface area contributed by atoms with Gasteiger partial charge in [-0.1, -0.05) is 0 Å². The highest BCUT2D eigenvalue weighted by Crippen LogP contribution is 1.93. The molecule has 0 saturated heterocycles. The molecule has 0 saturated carbocycles. The summed E-state index contributed by atoms with van der Waals surface area (Å²) in [6, 6.07) is 0.252. The Morgan fingerprint density at radius 1 is 1.29 bits per heavy atom. The molecule has 0 aromatic carbocycles. The Morgan fingerprint density at radius 2 is 2.00 bits per heavy atom. The number of likely N-dealkylation sites (N-methyl/N-ethyl adjacent to an activating group) is 1. The molecule has 0 spiro atoms. The average molecular weight is 246 g/mol. The van der Waals surface area contributed by atoms with Crippen LogP contribution in [-0.4, -0.2) is 63.9 Å². The predicted molar refractivity (Wildman–Crippen MR) is 68.1 cm³/mol. The molecule has 0 aliphatic carbocycles. The number of carbonyl (C=O) groups excluding carboxylic acids is 1. The minimum Gasteiger partial charge on any atom is -0.382 e. The predicted octanol–water partition coefficient (Wildman–Crippen LogP) is 0.496. The Kier molecular flexibility index (Phi) is 10.1. The van der Waals surface area contributed by atoms with Crippen molar-refractivity contribution in [1.82, 2.24) is 10.2 Å². The van der Waals surface area contributed by atoms with Gasteiger partial charge in [-0.2, -0.15) is 0 Å². The van der Waals surface area contributed by atoms with E-state index in [1.807, 2.05) is 20.9 Å². The van der Waals surface area contributed by atoms with Crippen LogP contribution in [0.5, 0.6) is 0 Å². The standard InChI is InChI=1S/C12H26N2O3/c1-11(2)14(3)12(15)10-13-6-5-7-17-9-8-16-4/h11,13H,5-10H2,1-4H3. The topological polar surface area (TPSA) is 50.8 Å². The van der Waals surface area contributed by atoms with Crippen LogP contribution >= 0.6 is 0 Å². The molecule has 0 bridgehead atoms. The van der Waals surface area contributed by atoms with Crippen LogP contribution in [0.15, 0.2) is 0 Å². The van der Waals surface area contributed by atoms with E-state index in [2.05, 4.69) is 5.32 Å². The van der Waals surface area contributed by atoms with Crippen molar-refractivity contribution in [2.24, 2.45) is 0 Å². The van der Waals surface area contributed by atoms with Crippen molar-refractivity contribution >= 4 is 5.91 Å². The summed E-state index contributed by atoms with van der Waals surface area (Å²) >= 11 is 0. The zero-order valence-electron chi connectivity index (χ0n) is 11.5. The lowest BCUT2D eigenvalue weighted by molar-refractivity contribution is -0.130. The van der Waals surface area contributed by atoms with Gasteiger partial charge in [-0.15, -0.1) is 0 Å². The van der Waals surface area contributed by atoms with Crippen LogP contribution in [0.4, 0.5) is 0 Å². The molecule has 0 radical (unpaired) electrons. The van der Waals surface area contributed by atoms with Crippen LogP contribution in [-0.2, 0) is 14.3 Å². The summed E-state index contributed by atoms with van der Waals surface area (Å²) in [5.74, 6) is 0.125. The van der Waals surface area contributed by atoms with Gasteiger partial charge in [-0.05, 0) is 26.8 Å². The maximum absolute atomic E-state index is 11.6. The van der Waals surface area contributed by atoms with E-state index < -0.39 is 0 Å². The highest BCUT2D eigenvalue weighted by atomic mass is 16.5. The summed E-state index contributed by atoms with van der Waals surface area (Å²) in [4.78, 5) is 13.3. The number of ether oxygens (including phenoxy) is 2. The second-order valence-corrected chi connectivity index (χ2v) is 4.23. The van der Waals surface area contributed by atoms with Gasteiger partial charge in [-0.3, -0.25) is 4.79 Å². The molecule has 17 heavy (non-hydrogen) atoms. The van der Waals surface area contributed by atoms with Crippen molar-refractivity contribution in [3.05, 3.63) is 0 Å². The van der Waals surface area contributed by atoms with Crippen molar-refractivity contribution in [3.8, 4) is 0 Å². The van der Waals surface area contributed by atoms with E-state index in [9.17, 15) is 4.79 Å². The Bertz CT molecular complexity index is 198. The first kappa shape index (κ1) is 16.4. The summed E-state index contributed by atoms with van der Waals surface area (Å²) in [6.07, 6.45) is 0.905. The molecular formula is C12H26N2O3. The normalized spacial score (nSPS) is 10.9. The van der Waals surface area contributed by atoms with Crippen molar-refractivity contribution in [2.75, 3.05) is 47.1 Å². The fourth-order valence-corrected chi connectivity index (χ4v) is 1.15. The number of amides is 1. The molecule has 0 unspecified atom stereocenters. The second-order valence-electron chi connectivity index (χ2n) is 4.23. The van der Waals surface area contributed by atoms with Gasteiger partial charge >= 0.3 is 0 Å². The fraction of sp³-hybridized carbons (Fsp3) is 0.917. The van der Waals surface area contributed by atoms with Gasteiger partial charge in [0, 0.05) is 26.8 Å². The zero-order chi connectivity index (χ0) is 13.1. The lowest BCUT2D eigenvalue weighted by atomic mass is 10.3. The molecule has 0 aliphatic heterocycles. The number of hydrogen-bond donors (Lipinski definition) is 1. The van der Waals surface area contributed by atoms with Crippen molar-refractivity contribution in [3.63, 3.8) is 0 Å². The van der Waals surface area contributed by atoms with Gasteiger partial charge in [0.1, 0.15) is 0 Å². The van der Waals surface area contributed by atoms with Gasteiger partial charge in [0.15, 0.2) is 0 Å². The molecule has 0 atom stereocenters. The number of methoxy groups -OCH3 is 1. The highest BCUT2D eigenvalue weighted by molar-refractivity contribution is 5.78. The van der Waals surface area contributed by atoms with Gasteiger partial charge in [0.2, 0.25) is 5.91 Å². The van der Waals surface area contributed by atoms with Crippen LogP contribution in [0.2, 0.25) is 0 Å². The molecule has 0 aromatic rings. The van der Waals surface area contributed by atoms with E-state index in [0.29, 0.717) is 26.4 Å². The zero-order valence-corrected chi connectivity index (χ0v) is 11.5. The molecule has 5 nitrogen and oxygen atoms in total. The van der Waals surface area contributed by atoms with E-state index >= 15 is 0 Å². The Labute approximate surface area is 104 Å². The van der Waals surface area contributed by atoms with E-state index in [-0.39, 0.29) is 11.9 Å². The second kappa shape index (κ2) is 10.5. The molecule has 0 aromatic heterocycles. The van der Waals surface area contributed by atoms with Crippen LogP contribution in [0, 0.1) is 0 Å². The van der Waals surface area contributed by atoms with Crippen LogP contribution in [0.3, 0.4) is 0 Å². The minimum atomic E-state index is 0.125. The maximum atomic E-state index is 11.6. The van der Waals surface area contributed by atoms with Gasteiger partial charge < -0.3 is 19.7 Å². The molecule has 5 heteroatoms. The molecule has 0 fully saturated rings. The smallest absolute Gasteiger partial charge is 0.236 e. The quantitative estimate of drug-likeness (QED) is 0.570. The first-order valence-corrected chi connectivity index (χ1v) is 6.12. The summed E-state index contributed by atoms with van der Waals surface area (Å²) in [6.45, 7) is 7.15. The van der Waals surface area contributed by atoms with E-state index in [1.54, 1.807) is 12.0 Å². The number of nitrogens with zero attached hydrogens (tertiary/aromatic N) is 1. The fourth-order valence-electron chi connectivity index (χ4n) is 1.15. The van der Waals surface area contributed by atoms with E-state index in [0.717, 1.165) is 13.0 Å². The highest BCUT2D eigenvalue weighted by Gasteiger charge is 2.10. The SMILES string of the molecule is COCCOCCCNCC(=O)N(C)C(C)C. The van der Waals surface area contributed by atoms with Gasteiger partial charge in [-0.25, -0.2) is 0 Å². The van der Waals surface area contributed by atoms with Gasteiger partial charge in [0.25, 0.3) is 0 Å². The maximum Gasteiger partial charge on any atom is 0.236 e. The molecule has 1 amide bonds. The first-order valence-electron chi connectivity index (χ1n) is 6.12. The molecule has 0 heterocycles. The third kappa shape index (κ3) is 9.09. The van der Waals surface area contributed by atoms with Crippen LogP contribution in [0.1, 0.15) is 20.3 Å². The lowest BCUT2D eigenvalue weighted by Crippen LogP contribution is -2.39. The number of nitrogens with one attached hydrogen (secondary N) is 1. The summed E-state index contributed by atoms with van der Waals surface area (Å²) in [5.41, 5.74) is 0. The largest absolute Gasteiger partial charge is 0.382 e. The minimum absolute atomic E-state index is 0.125. The first-order chi connectivity index (χ1) is 8.09. The average Bonchev–Trinajstić information content (AvgIpc) is 2.31. The number of hydrogen-bond acceptors (Lipinski definition) is 4.